The van der Waals surface area contributed by atoms with Gasteiger partial charge in [0.1, 0.15) is 11.9 Å². The highest BCUT2D eigenvalue weighted by atomic mass is 19.1. The zero-order valence-electron chi connectivity index (χ0n) is 15.8. The van der Waals surface area contributed by atoms with Crippen LogP contribution in [0, 0.1) is 0 Å². The molecular formula is C22H21FN4O2. The van der Waals surface area contributed by atoms with Gasteiger partial charge >= 0.3 is 0 Å². The van der Waals surface area contributed by atoms with E-state index in [0.717, 1.165) is 17.7 Å². The Hall–Kier alpha value is -3.22. The lowest BCUT2D eigenvalue weighted by molar-refractivity contribution is 0.0759. The summed E-state index contributed by atoms with van der Waals surface area (Å²) in [5.74, 6) is 0.809. The topological polar surface area (TPSA) is 60.2 Å². The minimum absolute atomic E-state index is 0.0589. The zero-order chi connectivity index (χ0) is 19.8. The fourth-order valence-electron chi connectivity index (χ4n) is 4.06. The van der Waals surface area contributed by atoms with Crippen LogP contribution in [0.25, 0.3) is 0 Å². The monoisotopic (exact) mass is 392 g/mol. The molecule has 0 saturated carbocycles. The van der Waals surface area contributed by atoms with E-state index in [2.05, 4.69) is 10.1 Å². The van der Waals surface area contributed by atoms with Crippen molar-refractivity contribution in [1.82, 2.24) is 19.7 Å². The molecule has 1 aromatic heterocycles. The highest BCUT2D eigenvalue weighted by molar-refractivity contribution is 5.90. The molecule has 1 unspecified atom stereocenters. The second-order valence-electron chi connectivity index (χ2n) is 7.46. The standard InChI is InChI=1S/C22H21FN4O2/c23-18-13-19(15-7-3-1-4-8-15)27-21(18)24-20(25-27)22(28)26-12-11-17(14-26)29-16-9-5-2-6-10-16/h1-10,17-19H,11-14H2/t17?,18-,19-/m0/s1. The predicted molar refractivity (Wildman–Crippen MR) is 104 cm³/mol. The fourth-order valence-corrected chi connectivity index (χ4v) is 4.06. The van der Waals surface area contributed by atoms with Gasteiger partial charge in [0.15, 0.2) is 12.0 Å². The summed E-state index contributed by atoms with van der Waals surface area (Å²) in [5, 5.41) is 4.39. The van der Waals surface area contributed by atoms with E-state index in [1.807, 2.05) is 60.7 Å². The molecule has 2 aliphatic heterocycles. The Morgan fingerprint density at radius 1 is 1.07 bits per heavy atom. The summed E-state index contributed by atoms with van der Waals surface area (Å²) in [4.78, 5) is 18.8. The molecule has 3 aromatic rings. The van der Waals surface area contributed by atoms with Gasteiger partial charge in [0.05, 0.1) is 12.6 Å². The number of benzene rings is 2. The van der Waals surface area contributed by atoms with Gasteiger partial charge in [0.2, 0.25) is 5.82 Å². The van der Waals surface area contributed by atoms with Crippen molar-refractivity contribution in [3.8, 4) is 5.75 Å². The van der Waals surface area contributed by atoms with Crippen LogP contribution in [-0.2, 0) is 0 Å². The van der Waals surface area contributed by atoms with E-state index in [9.17, 15) is 9.18 Å². The third kappa shape index (κ3) is 3.37. The molecule has 6 nitrogen and oxygen atoms in total. The molecular weight excluding hydrogens is 371 g/mol. The van der Waals surface area contributed by atoms with Crippen LogP contribution in [0.1, 0.15) is 47.1 Å². The number of fused-ring (bicyclic) bond motifs is 1. The third-order valence-electron chi connectivity index (χ3n) is 5.52. The van der Waals surface area contributed by atoms with Crippen LogP contribution >= 0.6 is 0 Å². The van der Waals surface area contributed by atoms with Gasteiger partial charge in [-0.25, -0.2) is 14.1 Å². The van der Waals surface area contributed by atoms with Crippen LogP contribution in [0.15, 0.2) is 60.7 Å². The maximum atomic E-state index is 14.5. The molecule has 0 bridgehead atoms. The Kier molecular flexibility index (Phi) is 4.50. The lowest BCUT2D eigenvalue weighted by Crippen LogP contribution is -2.32. The van der Waals surface area contributed by atoms with Gasteiger partial charge in [-0.3, -0.25) is 4.79 Å². The average molecular weight is 392 g/mol. The quantitative estimate of drug-likeness (QED) is 0.681. The van der Waals surface area contributed by atoms with Crippen LogP contribution < -0.4 is 4.74 Å². The Labute approximate surface area is 167 Å². The first-order chi connectivity index (χ1) is 14.2. The van der Waals surface area contributed by atoms with E-state index in [1.165, 1.54) is 0 Å². The van der Waals surface area contributed by atoms with E-state index in [4.69, 9.17) is 4.74 Å². The number of carbonyl (C=O) groups is 1. The number of ether oxygens (including phenoxy) is 1. The summed E-state index contributed by atoms with van der Waals surface area (Å²) >= 11 is 0. The number of alkyl halides is 1. The van der Waals surface area contributed by atoms with Crippen molar-refractivity contribution >= 4 is 5.91 Å². The predicted octanol–water partition coefficient (Wildman–Crippen LogP) is 3.58. The molecule has 1 fully saturated rings. The van der Waals surface area contributed by atoms with E-state index >= 15 is 0 Å². The Balaban J connectivity index is 1.31. The summed E-state index contributed by atoms with van der Waals surface area (Å²) in [5.41, 5.74) is 0.968. The van der Waals surface area contributed by atoms with Crippen LogP contribution in [0.5, 0.6) is 5.75 Å². The molecule has 0 spiro atoms. The summed E-state index contributed by atoms with van der Waals surface area (Å²) in [6.07, 6.45) is -0.249. The molecule has 0 aliphatic carbocycles. The first-order valence-electron chi connectivity index (χ1n) is 9.85. The molecule has 3 heterocycles. The van der Waals surface area contributed by atoms with Crippen molar-refractivity contribution in [3.05, 3.63) is 77.9 Å². The third-order valence-corrected chi connectivity index (χ3v) is 5.52. The Morgan fingerprint density at radius 3 is 2.55 bits per heavy atom. The number of amides is 1. The van der Waals surface area contributed by atoms with Gasteiger partial charge in [-0.05, 0) is 17.7 Å². The molecule has 29 heavy (non-hydrogen) atoms. The van der Waals surface area contributed by atoms with Gasteiger partial charge in [-0.1, -0.05) is 48.5 Å². The number of rotatable bonds is 4. The number of halogens is 1. The lowest BCUT2D eigenvalue weighted by atomic mass is 10.0. The summed E-state index contributed by atoms with van der Waals surface area (Å²) in [6.45, 7) is 1.04. The van der Waals surface area contributed by atoms with Gasteiger partial charge in [0, 0.05) is 19.4 Å². The second-order valence-corrected chi connectivity index (χ2v) is 7.46. The maximum Gasteiger partial charge on any atom is 0.293 e. The largest absolute Gasteiger partial charge is 0.489 e. The molecule has 1 amide bonds. The SMILES string of the molecule is O=C(c1nc2n(n1)[C@H](c1ccccc1)C[C@@H]2F)N1CCC(Oc2ccccc2)C1. The highest BCUT2D eigenvalue weighted by Gasteiger charge is 2.38. The minimum atomic E-state index is -1.22. The van der Waals surface area contributed by atoms with Crippen molar-refractivity contribution in [2.24, 2.45) is 0 Å². The van der Waals surface area contributed by atoms with Crippen molar-refractivity contribution in [3.63, 3.8) is 0 Å². The molecule has 1 saturated heterocycles. The molecule has 5 rings (SSSR count). The van der Waals surface area contributed by atoms with Crippen molar-refractivity contribution in [2.75, 3.05) is 13.1 Å². The van der Waals surface area contributed by atoms with E-state index < -0.39 is 6.17 Å². The van der Waals surface area contributed by atoms with Crippen molar-refractivity contribution in [1.29, 1.82) is 0 Å². The maximum absolute atomic E-state index is 14.5. The van der Waals surface area contributed by atoms with Gasteiger partial charge in [0.25, 0.3) is 5.91 Å². The lowest BCUT2D eigenvalue weighted by Gasteiger charge is -2.16. The van der Waals surface area contributed by atoms with E-state index in [-0.39, 0.29) is 29.7 Å². The molecule has 2 aliphatic rings. The number of aromatic nitrogens is 3. The van der Waals surface area contributed by atoms with E-state index in [0.29, 0.717) is 19.5 Å². The normalized spacial score (nSPS) is 23.2. The Bertz CT molecular complexity index is 1010. The first-order valence-corrected chi connectivity index (χ1v) is 9.85. The van der Waals surface area contributed by atoms with Crippen molar-refractivity contribution in [2.45, 2.75) is 31.2 Å². The molecule has 0 N–H and O–H groups in total. The number of carbonyl (C=O) groups excluding carboxylic acids is 1. The first kappa shape index (κ1) is 17.8. The molecule has 3 atom stereocenters. The summed E-state index contributed by atoms with van der Waals surface area (Å²) < 4.78 is 22.1. The summed E-state index contributed by atoms with van der Waals surface area (Å²) in [7, 11) is 0. The number of nitrogens with zero attached hydrogens (tertiary/aromatic N) is 4. The average Bonchev–Trinajstić information content (AvgIpc) is 3.46. The van der Waals surface area contributed by atoms with Crippen LogP contribution in [0.2, 0.25) is 0 Å². The zero-order valence-corrected chi connectivity index (χ0v) is 15.8. The second kappa shape index (κ2) is 7.31. The highest BCUT2D eigenvalue weighted by Crippen LogP contribution is 2.39. The minimum Gasteiger partial charge on any atom is -0.489 e. The van der Waals surface area contributed by atoms with Crippen LogP contribution in [-0.4, -0.2) is 44.8 Å². The smallest absolute Gasteiger partial charge is 0.293 e. The van der Waals surface area contributed by atoms with Crippen LogP contribution in [0.4, 0.5) is 4.39 Å². The molecule has 2 aromatic carbocycles. The number of hydrogen-bond acceptors (Lipinski definition) is 4. The van der Waals surface area contributed by atoms with Gasteiger partial charge in [-0.15, -0.1) is 5.10 Å². The fraction of sp³-hybridized carbons (Fsp3) is 0.318. The number of hydrogen-bond donors (Lipinski definition) is 0. The summed E-state index contributed by atoms with van der Waals surface area (Å²) in [6, 6.07) is 19.0. The van der Waals surface area contributed by atoms with Gasteiger partial charge in [-0.2, -0.15) is 0 Å². The van der Waals surface area contributed by atoms with E-state index in [1.54, 1.807) is 9.58 Å². The number of likely N-dealkylation sites (tertiary alicyclic amines) is 1. The molecule has 7 heteroatoms. The molecule has 0 radical (unpaired) electrons. The van der Waals surface area contributed by atoms with Crippen molar-refractivity contribution < 1.29 is 13.9 Å². The van der Waals surface area contributed by atoms with Crippen LogP contribution in [0.3, 0.4) is 0 Å². The Morgan fingerprint density at radius 2 is 1.79 bits per heavy atom. The number of para-hydroxylation sites is 1. The molecule has 148 valence electrons. The van der Waals surface area contributed by atoms with Gasteiger partial charge < -0.3 is 9.64 Å².